The summed E-state index contributed by atoms with van der Waals surface area (Å²) in [6, 6.07) is 0. The van der Waals surface area contributed by atoms with Gasteiger partial charge in [-0.05, 0) is 6.42 Å². The van der Waals surface area contributed by atoms with Gasteiger partial charge >= 0.3 is 5.97 Å². The number of alkyl halides is 2. The summed E-state index contributed by atoms with van der Waals surface area (Å²) in [4.78, 5) is 9.71. The zero-order valence-corrected chi connectivity index (χ0v) is 7.03. The molecule has 1 N–H and O–H groups in total. The van der Waals surface area contributed by atoms with E-state index in [0.717, 1.165) is 0 Å². The Morgan fingerprint density at radius 3 is 2.10 bits per heavy atom. The number of carboxylic acids is 1. The summed E-state index contributed by atoms with van der Waals surface area (Å²) >= 11 is 9.53. The Bertz CT molecular complexity index is 93.7. The molecule has 0 rings (SSSR count). The number of aliphatic carboxylic acids is 1. The van der Waals surface area contributed by atoms with Crippen molar-refractivity contribution in [2.24, 2.45) is 0 Å². The zero-order chi connectivity index (χ0) is 8.41. The average molecular weight is 185 g/mol. The summed E-state index contributed by atoms with van der Waals surface area (Å²) < 4.78 is 0. The Labute approximate surface area is 70.4 Å². The van der Waals surface area contributed by atoms with Crippen LogP contribution in [0.1, 0.15) is 12.8 Å². The Morgan fingerprint density at radius 2 is 2.00 bits per heavy atom. The first kappa shape index (κ1) is 12.5. The standard InChI is InChI=1S/C5H8O2.CH2Cl2/c1-2-3-4-5(6)7;2-1-3/h2H,1,3-4H2,(H,6,7);1H2. The van der Waals surface area contributed by atoms with Crippen LogP contribution in [0.4, 0.5) is 0 Å². The molecular formula is C6H10Cl2O2. The van der Waals surface area contributed by atoms with Gasteiger partial charge in [-0.2, -0.15) is 0 Å². The minimum absolute atomic E-state index is 0.194. The van der Waals surface area contributed by atoms with Gasteiger partial charge in [0.05, 0.1) is 5.34 Å². The number of hydrogen-bond donors (Lipinski definition) is 1. The number of carboxylic acid groups (broad SMARTS) is 1. The molecule has 0 saturated heterocycles. The highest BCUT2D eigenvalue weighted by molar-refractivity contribution is 6.40. The van der Waals surface area contributed by atoms with Crippen LogP contribution in [0.15, 0.2) is 12.7 Å². The van der Waals surface area contributed by atoms with E-state index in [1.54, 1.807) is 6.08 Å². The fourth-order valence-electron chi connectivity index (χ4n) is 0.226. The maximum absolute atomic E-state index is 9.71. The Kier molecular flexibility index (Phi) is 14.4. The lowest BCUT2D eigenvalue weighted by molar-refractivity contribution is -0.136. The van der Waals surface area contributed by atoms with Crippen molar-refractivity contribution in [3.8, 4) is 0 Å². The maximum atomic E-state index is 9.71. The zero-order valence-electron chi connectivity index (χ0n) is 5.52. The van der Waals surface area contributed by atoms with Crippen molar-refractivity contribution in [1.82, 2.24) is 0 Å². The van der Waals surface area contributed by atoms with E-state index in [0.29, 0.717) is 6.42 Å². The topological polar surface area (TPSA) is 37.3 Å². The van der Waals surface area contributed by atoms with E-state index in [1.165, 1.54) is 0 Å². The molecule has 0 aliphatic carbocycles. The quantitative estimate of drug-likeness (QED) is 0.541. The molecule has 0 aromatic rings. The minimum atomic E-state index is -0.764. The summed E-state index contributed by atoms with van der Waals surface area (Å²) in [7, 11) is 0. The lowest BCUT2D eigenvalue weighted by atomic mass is 10.3. The van der Waals surface area contributed by atoms with Gasteiger partial charge in [-0.1, -0.05) is 6.08 Å². The van der Waals surface area contributed by atoms with E-state index in [4.69, 9.17) is 28.3 Å². The summed E-state index contributed by atoms with van der Waals surface area (Å²) in [5.41, 5.74) is 0. The van der Waals surface area contributed by atoms with Crippen LogP contribution in [0.5, 0.6) is 0 Å². The second-order valence-corrected chi connectivity index (χ2v) is 2.13. The van der Waals surface area contributed by atoms with Crippen LogP contribution in [-0.2, 0) is 4.79 Å². The number of halogens is 2. The molecule has 0 aromatic heterocycles. The Morgan fingerprint density at radius 1 is 1.60 bits per heavy atom. The molecule has 4 heteroatoms. The summed E-state index contributed by atoms with van der Waals surface area (Å²) in [5.74, 6) is -0.764. The normalized spacial score (nSPS) is 7.40. The fraction of sp³-hybridized carbons (Fsp3) is 0.500. The molecule has 0 unspecified atom stereocenters. The predicted molar refractivity (Wildman–Crippen MR) is 43.6 cm³/mol. The van der Waals surface area contributed by atoms with Crippen LogP contribution in [0.2, 0.25) is 0 Å². The molecule has 0 amide bonds. The third kappa shape index (κ3) is 25.0. The van der Waals surface area contributed by atoms with Gasteiger partial charge in [0, 0.05) is 6.42 Å². The summed E-state index contributed by atoms with van der Waals surface area (Å²) in [5, 5.41) is 8.19. The van der Waals surface area contributed by atoms with Crippen LogP contribution < -0.4 is 0 Å². The third-order valence-electron chi connectivity index (χ3n) is 0.562. The van der Waals surface area contributed by atoms with Crippen molar-refractivity contribution in [1.29, 1.82) is 0 Å². The van der Waals surface area contributed by atoms with Crippen molar-refractivity contribution in [2.75, 3.05) is 5.34 Å². The minimum Gasteiger partial charge on any atom is -0.481 e. The first-order chi connectivity index (χ1) is 4.68. The van der Waals surface area contributed by atoms with Gasteiger partial charge in [-0.25, -0.2) is 0 Å². The predicted octanol–water partition coefficient (Wildman–Crippen LogP) is 2.46. The molecule has 0 spiro atoms. The molecule has 60 valence electrons. The first-order valence-electron chi connectivity index (χ1n) is 2.63. The largest absolute Gasteiger partial charge is 0.481 e. The lowest BCUT2D eigenvalue weighted by Gasteiger charge is -1.82. The molecule has 0 radical (unpaired) electrons. The van der Waals surface area contributed by atoms with Crippen LogP contribution in [-0.4, -0.2) is 16.4 Å². The second kappa shape index (κ2) is 11.6. The van der Waals surface area contributed by atoms with E-state index in [1.807, 2.05) is 0 Å². The molecule has 0 aliphatic rings. The van der Waals surface area contributed by atoms with Gasteiger partial charge in [0.1, 0.15) is 0 Å². The second-order valence-electron chi connectivity index (χ2n) is 1.32. The van der Waals surface area contributed by atoms with Gasteiger partial charge < -0.3 is 5.11 Å². The number of hydrogen-bond acceptors (Lipinski definition) is 1. The fourth-order valence-corrected chi connectivity index (χ4v) is 0.226. The lowest BCUT2D eigenvalue weighted by Crippen LogP contribution is -1.90. The van der Waals surface area contributed by atoms with E-state index >= 15 is 0 Å². The SMILES string of the molecule is C=CCCC(=O)O.ClCCl. The van der Waals surface area contributed by atoms with Gasteiger partial charge in [0.15, 0.2) is 0 Å². The van der Waals surface area contributed by atoms with Gasteiger partial charge in [0.2, 0.25) is 0 Å². The van der Waals surface area contributed by atoms with Gasteiger partial charge in [-0.15, -0.1) is 29.8 Å². The first-order valence-corrected chi connectivity index (χ1v) is 3.70. The van der Waals surface area contributed by atoms with Gasteiger partial charge in [0.25, 0.3) is 0 Å². The molecular weight excluding hydrogens is 175 g/mol. The molecule has 0 heterocycles. The molecule has 0 bridgehead atoms. The summed E-state index contributed by atoms with van der Waals surface area (Å²) in [6.07, 6.45) is 2.35. The molecule has 10 heavy (non-hydrogen) atoms. The van der Waals surface area contributed by atoms with Crippen molar-refractivity contribution in [3.63, 3.8) is 0 Å². The molecule has 2 nitrogen and oxygen atoms in total. The number of allylic oxidation sites excluding steroid dienone is 1. The average Bonchev–Trinajstić information content (AvgIpc) is 1.85. The molecule has 0 fully saturated rings. The maximum Gasteiger partial charge on any atom is 0.303 e. The van der Waals surface area contributed by atoms with E-state index in [9.17, 15) is 4.79 Å². The smallest absolute Gasteiger partial charge is 0.303 e. The molecule has 0 aliphatic heterocycles. The third-order valence-corrected chi connectivity index (χ3v) is 0.562. The Balaban J connectivity index is 0. The number of rotatable bonds is 3. The van der Waals surface area contributed by atoms with Crippen LogP contribution in [0.25, 0.3) is 0 Å². The Hall–Kier alpha value is -0.210. The monoisotopic (exact) mass is 184 g/mol. The van der Waals surface area contributed by atoms with Crippen molar-refractivity contribution >= 4 is 29.2 Å². The van der Waals surface area contributed by atoms with Crippen LogP contribution in [0, 0.1) is 0 Å². The molecule has 0 aromatic carbocycles. The van der Waals surface area contributed by atoms with Crippen molar-refractivity contribution in [2.45, 2.75) is 12.8 Å². The van der Waals surface area contributed by atoms with E-state index < -0.39 is 5.97 Å². The summed E-state index contributed by atoms with van der Waals surface area (Å²) in [6.45, 7) is 3.37. The highest BCUT2D eigenvalue weighted by Gasteiger charge is 1.89. The molecule has 0 saturated carbocycles. The van der Waals surface area contributed by atoms with Crippen molar-refractivity contribution in [3.05, 3.63) is 12.7 Å². The molecule has 0 atom stereocenters. The highest BCUT2D eigenvalue weighted by Crippen LogP contribution is 1.86. The van der Waals surface area contributed by atoms with E-state index in [2.05, 4.69) is 6.58 Å². The van der Waals surface area contributed by atoms with Crippen LogP contribution >= 0.6 is 23.2 Å². The number of carbonyl (C=O) groups is 1. The van der Waals surface area contributed by atoms with E-state index in [-0.39, 0.29) is 11.8 Å². The highest BCUT2D eigenvalue weighted by atomic mass is 35.5. The van der Waals surface area contributed by atoms with Crippen molar-refractivity contribution < 1.29 is 9.90 Å². The van der Waals surface area contributed by atoms with Crippen LogP contribution in [0.3, 0.4) is 0 Å². The van der Waals surface area contributed by atoms with Gasteiger partial charge in [-0.3, -0.25) is 4.79 Å².